The Bertz CT molecular complexity index is 3350. The molecule has 3 nitrogen and oxygen atoms in total. The molecule has 1 aliphatic heterocycles. The van der Waals surface area contributed by atoms with E-state index >= 15 is 0 Å². The molecule has 0 N–H and O–H groups in total. The summed E-state index contributed by atoms with van der Waals surface area (Å²) in [6.07, 6.45) is 0. The second-order valence-electron chi connectivity index (χ2n) is 16.9. The Morgan fingerprint density at radius 2 is 0.803 bits per heavy atom. The van der Waals surface area contributed by atoms with Crippen LogP contribution in [0, 0.1) is 0 Å². The maximum absolute atomic E-state index is 3.13. The summed E-state index contributed by atoms with van der Waals surface area (Å²) < 4.78 is 2.53. The molecule has 2 heterocycles. The molecule has 0 atom stereocenters. The molecule has 312 valence electrons. The lowest BCUT2D eigenvalue weighted by molar-refractivity contribution is 1.08. The van der Waals surface area contributed by atoms with Gasteiger partial charge in [0.15, 0.2) is 8.07 Å². The van der Waals surface area contributed by atoms with Crippen LogP contribution in [0.1, 0.15) is 0 Å². The SMILES string of the molecule is c1ccc(-c2cc(-c3ccccc3)cc(N(c3ccccc3)c3ccc4c(c3)c3c(n4-c4ccccc4)N(c4ccccc4)c4ccccc4[Si]3(c3ccccc3)c3ccccc3)c2)cc1. The first-order chi connectivity index (χ1) is 32.8. The summed E-state index contributed by atoms with van der Waals surface area (Å²) in [7, 11) is -3.13. The van der Waals surface area contributed by atoms with Crippen LogP contribution in [-0.4, -0.2) is 12.6 Å². The van der Waals surface area contributed by atoms with Crippen molar-refractivity contribution in [3.63, 3.8) is 0 Å². The number of aromatic nitrogens is 1. The zero-order valence-electron chi connectivity index (χ0n) is 36.3. The van der Waals surface area contributed by atoms with Crippen molar-refractivity contribution in [1.29, 1.82) is 0 Å². The first-order valence-corrected chi connectivity index (χ1v) is 24.7. The lowest BCUT2D eigenvalue weighted by atomic mass is 9.97. The molecule has 1 aliphatic rings. The molecule has 0 bridgehead atoms. The molecular formula is C62H45N3Si. The number of rotatable bonds is 9. The predicted molar refractivity (Wildman–Crippen MR) is 281 cm³/mol. The summed E-state index contributed by atoms with van der Waals surface area (Å²) in [4.78, 5) is 4.98. The van der Waals surface area contributed by atoms with Gasteiger partial charge in [0, 0.05) is 44.7 Å². The zero-order chi connectivity index (χ0) is 43.9. The van der Waals surface area contributed by atoms with Gasteiger partial charge in [0.2, 0.25) is 0 Å². The lowest BCUT2D eigenvalue weighted by Crippen LogP contribution is -2.77. The number of hydrogen-bond donors (Lipinski definition) is 0. The van der Waals surface area contributed by atoms with E-state index in [-0.39, 0.29) is 0 Å². The minimum absolute atomic E-state index is 1.08. The van der Waals surface area contributed by atoms with Crippen molar-refractivity contribution in [3.05, 3.63) is 273 Å². The van der Waals surface area contributed by atoms with Gasteiger partial charge in [0.25, 0.3) is 0 Å². The van der Waals surface area contributed by atoms with Gasteiger partial charge in [0.05, 0.1) is 5.52 Å². The molecule has 12 rings (SSSR count). The van der Waals surface area contributed by atoms with E-state index in [1.807, 2.05) is 0 Å². The molecule has 1 aromatic heterocycles. The monoisotopic (exact) mass is 859 g/mol. The molecule has 0 aliphatic carbocycles. The van der Waals surface area contributed by atoms with Gasteiger partial charge in [-0.15, -0.1) is 0 Å². The van der Waals surface area contributed by atoms with Crippen molar-refractivity contribution in [1.82, 2.24) is 4.57 Å². The summed E-state index contributed by atoms with van der Waals surface area (Å²) in [6.45, 7) is 0. The third-order valence-corrected chi connectivity index (χ3v) is 18.0. The van der Waals surface area contributed by atoms with Gasteiger partial charge in [-0.1, -0.05) is 194 Å². The van der Waals surface area contributed by atoms with Crippen molar-refractivity contribution >= 4 is 74.0 Å². The largest absolute Gasteiger partial charge is 0.310 e. The molecule has 66 heavy (non-hydrogen) atoms. The van der Waals surface area contributed by atoms with E-state index in [0.29, 0.717) is 0 Å². The number of para-hydroxylation sites is 4. The maximum atomic E-state index is 2.53. The van der Waals surface area contributed by atoms with Gasteiger partial charge in [-0.2, -0.15) is 0 Å². The molecule has 0 amide bonds. The minimum atomic E-state index is -3.13. The third kappa shape index (κ3) is 6.50. The number of fused-ring (bicyclic) bond motifs is 4. The Kier molecular flexibility index (Phi) is 9.85. The van der Waals surface area contributed by atoms with Crippen LogP contribution >= 0.6 is 0 Å². The van der Waals surface area contributed by atoms with E-state index < -0.39 is 8.07 Å². The summed E-state index contributed by atoms with van der Waals surface area (Å²) in [5.74, 6) is 1.17. The predicted octanol–water partition coefficient (Wildman–Crippen LogP) is 13.6. The van der Waals surface area contributed by atoms with Crippen molar-refractivity contribution in [2.45, 2.75) is 0 Å². The average Bonchev–Trinajstić information content (AvgIpc) is 3.74. The zero-order valence-corrected chi connectivity index (χ0v) is 37.3. The molecule has 10 aromatic carbocycles. The molecule has 4 heteroatoms. The molecule has 0 saturated carbocycles. The Morgan fingerprint density at radius 1 is 0.333 bits per heavy atom. The second-order valence-corrected chi connectivity index (χ2v) is 20.6. The van der Waals surface area contributed by atoms with Crippen LogP contribution < -0.4 is 30.5 Å². The van der Waals surface area contributed by atoms with Crippen molar-refractivity contribution in [2.75, 3.05) is 9.80 Å². The molecular weight excluding hydrogens is 815 g/mol. The fourth-order valence-electron chi connectivity index (χ4n) is 10.4. The van der Waals surface area contributed by atoms with E-state index in [4.69, 9.17) is 0 Å². The van der Waals surface area contributed by atoms with Crippen molar-refractivity contribution in [2.24, 2.45) is 0 Å². The molecule has 0 saturated heterocycles. The minimum Gasteiger partial charge on any atom is -0.310 e. The summed E-state index contributed by atoms with van der Waals surface area (Å²) in [5, 5.41) is 6.64. The smallest absolute Gasteiger partial charge is 0.186 e. The summed E-state index contributed by atoms with van der Waals surface area (Å²) in [6, 6.07) is 100. The van der Waals surface area contributed by atoms with E-state index in [2.05, 4.69) is 287 Å². The van der Waals surface area contributed by atoms with Crippen molar-refractivity contribution < 1.29 is 0 Å². The average molecular weight is 860 g/mol. The van der Waals surface area contributed by atoms with E-state index in [9.17, 15) is 0 Å². The summed E-state index contributed by atoms with van der Waals surface area (Å²) in [5.41, 5.74) is 12.5. The van der Waals surface area contributed by atoms with Gasteiger partial charge >= 0.3 is 0 Å². The first kappa shape index (κ1) is 39.2. The van der Waals surface area contributed by atoms with Gasteiger partial charge in [-0.25, -0.2) is 0 Å². The number of nitrogens with zero attached hydrogens (tertiary/aromatic N) is 3. The van der Waals surface area contributed by atoms with Gasteiger partial charge < -0.3 is 4.90 Å². The van der Waals surface area contributed by atoms with E-state index in [1.54, 1.807) is 0 Å². The molecule has 0 radical (unpaired) electrons. The highest BCUT2D eigenvalue weighted by Gasteiger charge is 2.52. The van der Waals surface area contributed by atoms with Crippen LogP contribution in [0.3, 0.4) is 0 Å². The van der Waals surface area contributed by atoms with Gasteiger partial charge in [-0.3, -0.25) is 9.47 Å². The highest BCUT2D eigenvalue weighted by Crippen LogP contribution is 2.46. The number of benzene rings is 10. The van der Waals surface area contributed by atoms with Gasteiger partial charge in [-0.05, 0) is 117 Å². The normalized spacial score (nSPS) is 12.6. The Labute approximate surface area is 387 Å². The quantitative estimate of drug-likeness (QED) is 0.134. The molecule has 0 unspecified atom stereocenters. The molecule has 0 fully saturated rings. The highest BCUT2D eigenvalue weighted by atomic mass is 28.3. The fraction of sp³-hybridized carbons (Fsp3) is 0. The number of anilines is 6. The van der Waals surface area contributed by atoms with Gasteiger partial charge in [0.1, 0.15) is 5.82 Å². The van der Waals surface area contributed by atoms with Crippen molar-refractivity contribution in [3.8, 4) is 27.9 Å². The highest BCUT2D eigenvalue weighted by molar-refractivity contribution is 7.22. The van der Waals surface area contributed by atoms with E-state index in [1.165, 1.54) is 48.8 Å². The summed E-state index contributed by atoms with van der Waals surface area (Å²) >= 11 is 0. The van der Waals surface area contributed by atoms with Crippen LogP contribution in [0.15, 0.2) is 273 Å². The third-order valence-electron chi connectivity index (χ3n) is 13.2. The first-order valence-electron chi connectivity index (χ1n) is 22.7. The van der Waals surface area contributed by atoms with Crippen LogP contribution in [0.2, 0.25) is 0 Å². The lowest BCUT2D eigenvalue weighted by Gasteiger charge is -2.44. The van der Waals surface area contributed by atoms with Crippen LogP contribution in [-0.2, 0) is 0 Å². The maximum Gasteiger partial charge on any atom is 0.186 e. The Balaban J connectivity index is 1.23. The number of hydrogen-bond acceptors (Lipinski definition) is 2. The topological polar surface area (TPSA) is 11.4 Å². The fourth-order valence-corrected chi connectivity index (χ4v) is 15.7. The van der Waals surface area contributed by atoms with Crippen LogP contribution in [0.5, 0.6) is 0 Å². The molecule has 0 spiro atoms. The Morgan fingerprint density at radius 3 is 1.36 bits per heavy atom. The standard InChI is InChI=1S/C62H45N3Si/c1-8-24-46(25-9-1)48-42-49(47-26-10-2-11-27-47)44-54(43-48)63(50-28-12-3-13-29-50)53-40-41-58-57(45-53)61-62(64(58)51-30-14-4-15-31-51)65(52-32-16-5-17-33-52)59-38-22-23-39-60(59)66(61,55-34-18-6-19-35-55)56-36-20-7-21-37-56/h1-45H. The van der Waals surface area contributed by atoms with E-state index in [0.717, 1.165) is 45.1 Å². The molecule has 11 aromatic rings. The van der Waals surface area contributed by atoms with Crippen LogP contribution in [0.4, 0.5) is 34.3 Å². The van der Waals surface area contributed by atoms with Crippen LogP contribution in [0.25, 0.3) is 38.8 Å². The Hall–Kier alpha value is -8.44. The second kappa shape index (κ2) is 16.6.